The molecule has 162 valence electrons. The summed E-state index contributed by atoms with van der Waals surface area (Å²) in [5.74, 6) is -0.396. The smallest absolute Gasteiger partial charge is 0.192 e. The van der Waals surface area contributed by atoms with Gasteiger partial charge in [-0.2, -0.15) is 0 Å². The number of ketones is 1. The Balaban J connectivity index is 1.61. The van der Waals surface area contributed by atoms with Gasteiger partial charge in [-0.25, -0.2) is 8.78 Å². The van der Waals surface area contributed by atoms with Crippen LogP contribution in [0.15, 0.2) is 47.6 Å². The van der Waals surface area contributed by atoms with Crippen LogP contribution in [0.4, 0.5) is 8.78 Å². The predicted octanol–water partition coefficient (Wildman–Crippen LogP) is 5.71. The van der Waals surface area contributed by atoms with Crippen molar-refractivity contribution in [2.75, 3.05) is 12.9 Å². The molecule has 0 unspecified atom stereocenters. The van der Waals surface area contributed by atoms with Crippen LogP contribution in [0.2, 0.25) is 0 Å². The number of nitrogens with zero attached hydrogens (tertiary/aromatic N) is 3. The van der Waals surface area contributed by atoms with Gasteiger partial charge in [0, 0.05) is 11.6 Å². The second-order valence-electron chi connectivity index (χ2n) is 7.53. The minimum Gasteiger partial charge on any atom is -0.497 e. The second kappa shape index (κ2) is 9.60. The third-order valence-electron chi connectivity index (χ3n) is 5.51. The van der Waals surface area contributed by atoms with Crippen molar-refractivity contribution in [3.05, 3.63) is 59.7 Å². The van der Waals surface area contributed by atoms with E-state index in [0.717, 1.165) is 61.0 Å². The van der Waals surface area contributed by atoms with Crippen molar-refractivity contribution in [1.82, 2.24) is 14.8 Å². The second-order valence-corrected chi connectivity index (χ2v) is 8.48. The van der Waals surface area contributed by atoms with Crippen molar-refractivity contribution in [3.8, 4) is 17.1 Å². The summed E-state index contributed by atoms with van der Waals surface area (Å²) in [7, 11) is 1.62. The summed E-state index contributed by atoms with van der Waals surface area (Å²) in [5, 5.41) is 9.36. The van der Waals surface area contributed by atoms with Gasteiger partial charge in [-0.3, -0.25) is 9.36 Å². The van der Waals surface area contributed by atoms with E-state index in [4.69, 9.17) is 4.74 Å². The Morgan fingerprint density at radius 1 is 1.10 bits per heavy atom. The zero-order chi connectivity index (χ0) is 21.8. The molecule has 1 aromatic heterocycles. The van der Waals surface area contributed by atoms with E-state index in [1.807, 2.05) is 24.3 Å². The monoisotopic (exact) mass is 443 g/mol. The van der Waals surface area contributed by atoms with Crippen LogP contribution in [-0.4, -0.2) is 33.4 Å². The zero-order valence-corrected chi connectivity index (χ0v) is 18.0. The molecule has 4 rings (SSSR count). The first-order chi connectivity index (χ1) is 15.1. The molecule has 0 atom stereocenters. The van der Waals surface area contributed by atoms with Crippen molar-refractivity contribution < 1.29 is 18.3 Å². The Labute approximate surface area is 183 Å². The fraction of sp³-hybridized carbons (Fsp3) is 0.348. The highest BCUT2D eigenvalue weighted by Crippen LogP contribution is 2.36. The lowest BCUT2D eigenvalue weighted by Gasteiger charge is -2.25. The molecule has 3 aromatic rings. The summed E-state index contributed by atoms with van der Waals surface area (Å²) in [4.78, 5) is 12.5. The quantitative estimate of drug-likeness (QED) is 0.346. The van der Waals surface area contributed by atoms with Gasteiger partial charge in [-0.15, -0.1) is 10.2 Å². The fourth-order valence-electron chi connectivity index (χ4n) is 3.90. The average Bonchev–Trinajstić information content (AvgIpc) is 3.23. The predicted molar refractivity (Wildman–Crippen MR) is 116 cm³/mol. The summed E-state index contributed by atoms with van der Waals surface area (Å²) in [5.41, 5.74) is 0.667. The molecule has 0 radical (unpaired) electrons. The SMILES string of the molecule is COc1ccc(-c2nnc(SCC(=O)c3cc(F)ccc3F)n2C2CCCCC2)cc1. The van der Waals surface area contributed by atoms with Gasteiger partial charge in [0.05, 0.1) is 18.4 Å². The van der Waals surface area contributed by atoms with Crippen LogP contribution in [0.3, 0.4) is 0 Å². The molecule has 0 N–H and O–H groups in total. The van der Waals surface area contributed by atoms with E-state index in [2.05, 4.69) is 14.8 Å². The lowest BCUT2D eigenvalue weighted by Crippen LogP contribution is -2.16. The van der Waals surface area contributed by atoms with Gasteiger partial charge in [-0.1, -0.05) is 31.0 Å². The van der Waals surface area contributed by atoms with E-state index in [0.29, 0.717) is 5.16 Å². The molecule has 2 aromatic carbocycles. The van der Waals surface area contributed by atoms with Gasteiger partial charge in [0.2, 0.25) is 0 Å². The van der Waals surface area contributed by atoms with E-state index >= 15 is 0 Å². The number of methoxy groups -OCH3 is 1. The summed E-state index contributed by atoms with van der Waals surface area (Å²) >= 11 is 1.21. The molecule has 0 amide bonds. The van der Waals surface area contributed by atoms with E-state index in [1.165, 1.54) is 18.2 Å². The Bertz CT molecular complexity index is 1060. The molecule has 31 heavy (non-hydrogen) atoms. The number of benzene rings is 2. The number of rotatable bonds is 7. The first kappa shape index (κ1) is 21.5. The Hall–Kier alpha value is -2.74. The van der Waals surface area contributed by atoms with Gasteiger partial charge in [-0.05, 0) is 55.3 Å². The topological polar surface area (TPSA) is 57.0 Å². The van der Waals surface area contributed by atoms with Crippen molar-refractivity contribution in [2.24, 2.45) is 0 Å². The van der Waals surface area contributed by atoms with Crippen LogP contribution in [0.5, 0.6) is 5.75 Å². The molecule has 1 fully saturated rings. The minimum atomic E-state index is -0.723. The minimum absolute atomic E-state index is 0.0478. The molecule has 5 nitrogen and oxygen atoms in total. The van der Waals surface area contributed by atoms with Gasteiger partial charge < -0.3 is 4.74 Å². The molecule has 0 spiro atoms. The van der Waals surface area contributed by atoms with Crippen molar-refractivity contribution in [3.63, 3.8) is 0 Å². The number of hydrogen-bond donors (Lipinski definition) is 0. The Kier molecular flexibility index (Phi) is 6.65. The Morgan fingerprint density at radius 2 is 1.84 bits per heavy atom. The molecule has 0 bridgehead atoms. The molecule has 1 saturated carbocycles. The third kappa shape index (κ3) is 4.79. The molecule has 0 aliphatic heterocycles. The lowest BCUT2D eigenvalue weighted by atomic mass is 9.95. The normalized spacial score (nSPS) is 14.5. The van der Waals surface area contributed by atoms with Gasteiger partial charge in [0.1, 0.15) is 17.4 Å². The summed E-state index contributed by atoms with van der Waals surface area (Å²) in [6.07, 6.45) is 5.49. The summed E-state index contributed by atoms with van der Waals surface area (Å²) in [6.45, 7) is 0. The number of Topliss-reactive ketones (excluding diaryl/α,β-unsaturated/α-hetero) is 1. The van der Waals surface area contributed by atoms with Crippen molar-refractivity contribution >= 4 is 17.5 Å². The third-order valence-corrected chi connectivity index (χ3v) is 6.46. The Morgan fingerprint density at radius 3 is 2.55 bits per heavy atom. The maximum atomic E-state index is 14.0. The number of halogens is 2. The first-order valence-corrected chi connectivity index (χ1v) is 11.3. The number of carbonyl (C=O) groups is 1. The average molecular weight is 444 g/mol. The molecule has 0 saturated heterocycles. The number of carbonyl (C=O) groups excluding carboxylic acids is 1. The van der Waals surface area contributed by atoms with Crippen LogP contribution < -0.4 is 4.74 Å². The lowest BCUT2D eigenvalue weighted by molar-refractivity contribution is 0.101. The zero-order valence-electron chi connectivity index (χ0n) is 17.2. The van der Waals surface area contributed by atoms with Crippen LogP contribution in [-0.2, 0) is 0 Å². The summed E-state index contributed by atoms with van der Waals surface area (Å²) in [6, 6.07) is 10.8. The largest absolute Gasteiger partial charge is 0.497 e. The van der Waals surface area contributed by atoms with Gasteiger partial charge >= 0.3 is 0 Å². The molecular formula is C23H23F2N3O2S. The molecular weight excluding hydrogens is 420 g/mol. The van der Waals surface area contributed by atoms with Crippen LogP contribution in [0.25, 0.3) is 11.4 Å². The highest BCUT2D eigenvalue weighted by molar-refractivity contribution is 7.99. The van der Waals surface area contributed by atoms with Crippen LogP contribution in [0.1, 0.15) is 48.5 Å². The van der Waals surface area contributed by atoms with Gasteiger partial charge in [0.25, 0.3) is 0 Å². The highest BCUT2D eigenvalue weighted by Gasteiger charge is 2.25. The van der Waals surface area contributed by atoms with E-state index in [-0.39, 0.29) is 17.4 Å². The molecule has 1 aliphatic rings. The van der Waals surface area contributed by atoms with E-state index in [9.17, 15) is 13.6 Å². The maximum Gasteiger partial charge on any atom is 0.192 e. The number of aromatic nitrogens is 3. The van der Waals surface area contributed by atoms with Gasteiger partial charge in [0.15, 0.2) is 16.8 Å². The number of ether oxygens (including phenoxy) is 1. The van der Waals surface area contributed by atoms with Crippen LogP contribution >= 0.6 is 11.8 Å². The number of hydrogen-bond acceptors (Lipinski definition) is 5. The van der Waals surface area contributed by atoms with E-state index in [1.54, 1.807) is 7.11 Å². The fourth-order valence-corrected chi connectivity index (χ4v) is 4.79. The van der Waals surface area contributed by atoms with Crippen molar-refractivity contribution in [1.29, 1.82) is 0 Å². The highest BCUT2D eigenvalue weighted by atomic mass is 32.2. The van der Waals surface area contributed by atoms with E-state index < -0.39 is 17.4 Å². The maximum absolute atomic E-state index is 14.0. The molecule has 1 heterocycles. The standard InChI is InChI=1S/C23H23F2N3O2S/c1-30-18-10-7-15(8-11-18)22-26-27-23(28(22)17-5-3-2-4-6-17)31-14-21(29)19-13-16(24)9-12-20(19)25/h7-13,17H,2-6,14H2,1H3. The number of thioether (sulfide) groups is 1. The van der Waals surface area contributed by atoms with Crippen molar-refractivity contribution in [2.45, 2.75) is 43.3 Å². The first-order valence-electron chi connectivity index (χ1n) is 10.3. The van der Waals surface area contributed by atoms with Crippen LogP contribution in [0, 0.1) is 11.6 Å². The molecule has 1 aliphatic carbocycles. The molecule has 8 heteroatoms. The summed E-state index contributed by atoms with van der Waals surface area (Å²) < 4.78 is 34.8.